The topological polar surface area (TPSA) is 44.4 Å². The lowest BCUT2D eigenvalue weighted by atomic mass is 10.2. The Morgan fingerprint density at radius 2 is 2.11 bits per heavy atom. The van der Waals surface area contributed by atoms with E-state index in [4.69, 9.17) is 0 Å². The Morgan fingerprint density at radius 3 is 2.78 bits per heavy atom. The van der Waals surface area contributed by atoms with Crippen LogP contribution < -0.4 is 10.6 Å². The number of hydrogen-bond donors (Lipinski definition) is 2. The van der Waals surface area contributed by atoms with E-state index in [0.29, 0.717) is 23.2 Å². The van der Waals surface area contributed by atoms with Crippen molar-refractivity contribution in [3.8, 4) is 0 Å². The van der Waals surface area contributed by atoms with Gasteiger partial charge in [0.15, 0.2) is 0 Å². The maximum Gasteiger partial charge on any atom is 0.321 e. The van der Waals surface area contributed by atoms with Crippen LogP contribution in [0.25, 0.3) is 0 Å². The lowest BCUT2D eigenvalue weighted by Crippen LogP contribution is -2.48. The van der Waals surface area contributed by atoms with E-state index in [1.807, 2.05) is 6.92 Å². The second kappa shape index (κ2) is 5.67. The Hall–Kier alpha value is -1.14. The highest BCUT2D eigenvalue weighted by molar-refractivity contribution is 9.10. The summed E-state index contributed by atoms with van der Waals surface area (Å²) in [5.74, 6) is -0.379. The number of nitrogens with zero attached hydrogens (tertiary/aromatic N) is 1. The summed E-state index contributed by atoms with van der Waals surface area (Å²) in [5, 5.41) is 5.92. The summed E-state index contributed by atoms with van der Waals surface area (Å²) in [6.45, 7) is 4.76. The van der Waals surface area contributed by atoms with Gasteiger partial charge in [0, 0.05) is 31.9 Å². The van der Waals surface area contributed by atoms with Gasteiger partial charge in [-0.3, -0.25) is 0 Å². The van der Waals surface area contributed by atoms with Crippen LogP contribution in [0, 0.1) is 12.7 Å². The molecular weight excluding hydrogens is 301 g/mol. The molecule has 6 heteroatoms. The van der Waals surface area contributed by atoms with E-state index in [0.717, 1.165) is 18.7 Å². The van der Waals surface area contributed by atoms with Crippen molar-refractivity contribution in [1.29, 1.82) is 0 Å². The maximum absolute atomic E-state index is 13.4. The van der Waals surface area contributed by atoms with Crippen LogP contribution in [0.1, 0.15) is 5.56 Å². The molecule has 98 valence electrons. The molecule has 0 atom stereocenters. The third-order valence-corrected chi connectivity index (χ3v) is 3.52. The highest BCUT2D eigenvalue weighted by Crippen LogP contribution is 2.24. The van der Waals surface area contributed by atoms with Crippen LogP contribution >= 0.6 is 15.9 Å². The molecule has 1 aliphatic rings. The van der Waals surface area contributed by atoms with Gasteiger partial charge in [-0.05, 0) is 40.5 Å². The van der Waals surface area contributed by atoms with Gasteiger partial charge < -0.3 is 15.5 Å². The largest absolute Gasteiger partial charge is 0.322 e. The number of rotatable bonds is 1. The highest BCUT2D eigenvalue weighted by atomic mass is 79.9. The number of hydrogen-bond acceptors (Lipinski definition) is 2. The maximum atomic E-state index is 13.4. The van der Waals surface area contributed by atoms with E-state index in [-0.39, 0.29) is 11.8 Å². The fourth-order valence-electron chi connectivity index (χ4n) is 1.84. The average Bonchev–Trinajstić information content (AvgIpc) is 2.37. The van der Waals surface area contributed by atoms with Crippen molar-refractivity contribution in [2.45, 2.75) is 6.92 Å². The van der Waals surface area contributed by atoms with Crippen molar-refractivity contribution in [1.82, 2.24) is 10.2 Å². The Kier molecular flexibility index (Phi) is 4.19. The first-order valence-electron chi connectivity index (χ1n) is 5.80. The third kappa shape index (κ3) is 3.00. The molecule has 2 rings (SSSR count). The van der Waals surface area contributed by atoms with Gasteiger partial charge in [-0.2, -0.15) is 0 Å². The molecule has 2 amide bonds. The fraction of sp³-hybridized carbons (Fsp3) is 0.417. The summed E-state index contributed by atoms with van der Waals surface area (Å²) >= 11 is 3.12. The standard InChI is InChI=1S/C12H15BrFN3O/c1-8-6-9(13)10(14)7-11(8)16-12(18)17-4-2-15-3-5-17/h6-7,15H,2-5H2,1H3,(H,16,18). The van der Waals surface area contributed by atoms with Gasteiger partial charge in [0.1, 0.15) is 5.82 Å². The number of anilines is 1. The van der Waals surface area contributed by atoms with E-state index in [9.17, 15) is 9.18 Å². The smallest absolute Gasteiger partial charge is 0.321 e. The summed E-state index contributed by atoms with van der Waals surface area (Å²) in [5.41, 5.74) is 1.34. The molecule has 0 bridgehead atoms. The van der Waals surface area contributed by atoms with Gasteiger partial charge in [-0.1, -0.05) is 0 Å². The van der Waals surface area contributed by atoms with Crippen molar-refractivity contribution < 1.29 is 9.18 Å². The van der Waals surface area contributed by atoms with Gasteiger partial charge in [0.2, 0.25) is 0 Å². The van der Waals surface area contributed by atoms with Crippen LogP contribution in [0.5, 0.6) is 0 Å². The first kappa shape index (κ1) is 13.3. The number of amides is 2. The van der Waals surface area contributed by atoms with E-state index >= 15 is 0 Å². The lowest BCUT2D eigenvalue weighted by molar-refractivity contribution is 0.204. The van der Waals surface area contributed by atoms with Gasteiger partial charge in [-0.15, -0.1) is 0 Å². The first-order chi connectivity index (χ1) is 8.58. The zero-order valence-electron chi connectivity index (χ0n) is 10.1. The molecule has 1 aromatic carbocycles. The molecule has 0 spiro atoms. The number of benzene rings is 1. The molecule has 18 heavy (non-hydrogen) atoms. The molecule has 0 radical (unpaired) electrons. The predicted molar refractivity (Wildman–Crippen MR) is 72.3 cm³/mol. The highest BCUT2D eigenvalue weighted by Gasteiger charge is 2.17. The number of carbonyl (C=O) groups excluding carboxylic acids is 1. The molecular formula is C12H15BrFN3O. The predicted octanol–water partition coefficient (Wildman–Crippen LogP) is 2.33. The SMILES string of the molecule is Cc1cc(Br)c(F)cc1NC(=O)N1CCNCC1. The van der Waals surface area contributed by atoms with Crippen LogP contribution in [0.2, 0.25) is 0 Å². The van der Waals surface area contributed by atoms with Crippen molar-refractivity contribution in [2.24, 2.45) is 0 Å². The van der Waals surface area contributed by atoms with Gasteiger partial charge in [0.25, 0.3) is 0 Å². The molecule has 0 unspecified atom stereocenters. The van der Waals surface area contributed by atoms with Crippen LogP contribution in [-0.4, -0.2) is 37.1 Å². The third-order valence-electron chi connectivity index (χ3n) is 2.91. The van der Waals surface area contributed by atoms with Crippen LogP contribution in [0.15, 0.2) is 16.6 Å². The minimum absolute atomic E-state index is 0.179. The molecule has 1 aromatic rings. The van der Waals surface area contributed by atoms with Crippen LogP contribution in [0.4, 0.5) is 14.9 Å². The minimum Gasteiger partial charge on any atom is -0.322 e. The monoisotopic (exact) mass is 315 g/mol. The lowest BCUT2D eigenvalue weighted by Gasteiger charge is -2.27. The van der Waals surface area contributed by atoms with E-state index in [1.165, 1.54) is 6.07 Å². The summed E-state index contributed by atoms with van der Waals surface area (Å²) < 4.78 is 13.8. The zero-order valence-corrected chi connectivity index (χ0v) is 11.7. The molecule has 0 aliphatic carbocycles. The number of nitrogens with one attached hydrogen (secondary N) is 2. The van der Waals surface area contributed by atoms with Crippen molar-refractivity contribution in [3.05, 3.63) is 28.0 Å². The molecule has 1 saturated heterocycles. The second-order valence-corrected chi connectivity index (χ2v) is 5.10. The Morgan fingerprint density at radius 1 is 1.44 bits per heavy atom. The molecule has 0 aromatic heterocycles. The molecule has 1 fully saturated rings. The van der Waals surface area contributed by atoms with E-state index in [1.54, 1.807) is 11.0 Å². The van der Waals surface area contributed by atoms with Gasteiger partial charge in [0.05, 0.1) is 4.47 Å². The van der Waals surface area contributed by atoms with E-state index in [2.05, 4.69) is 26.6 Å². The van der Waals surface area contributed by atoms with Crippen LogP contribution in [-0.2, 0) is 0 Å². The van der Waals surface area contributed by atoms with Crippen molar-refractivity contribution in [2.75, 3.05) is 31.5 Å². The summed E-state index contributed by atoms with van der Waals surface area (Å²) in [6, 6.07) is 2.81. The number of carbonyl (C=O) groups is 1. The number of piperazine rings is 1. The minimum atomic E-state index is -0.379. The molecule has 0 saturated carbocycles. The number of urea groups is 1. The Balaban J connectivity index is 2.08. The quantitative estimate of drug-likeness (QED) is 0.835. The van der Waals surface area contributed by atoms with Gasteiger partial charge >= 0.3 is 6.03 Å². The summed E-state index contributed by atoms with van der Waals surface area (Å²) in [6.07, 6.45) is 0. The average molecular weight is 316 g/mol. The molecule has 2 N–H and O–H groups in total. The van der Waals surface area contributed by atoms with Gasteiger partial charge in [-0.25, -0.2) is 9.18 Å². The van der Waals surface area contributed by atoms with Crippen molar-refractivity contribution >= 4 is 27.6 Å². The normalized spacial score (nSPS) is 15.6. The van der Waals surface area contributed by atoms with E-state index < -0.39 is 0 Å². The first-order valence-corrected chi connectivity index (χ1v) is 6.59. The van der Waals surface area contributed by atoms with Crippen molar-refractivity contribution in [3.63, 3.8) is 0 Å². The molecule has 4 nitrogen and oxygen atoms in total. The Labute approximate surface area is 114 Å². The Bertz CT molecular complexity index is 461. The summed E-state index contributed by atoms with van der Waals surface area (Å²) in [4.78, 5) is 13.7. The van der Waals surface area contributed by atoms with Crippen LogP contribution in [0.3, 0.4) is 0 Å². The number of aryl methyl sites for hydroxylation is 1. The number of halogens is 2. The molecule has 1 aliphatic heterocycles. The summed E-state index contributed by atoms with van der Waals surface area (Å²) in [7, 11) is 0. The second-order valence-electron chi connectivity index (χ2n) is 4.25. The zero-order chi connectivity index (χ0) is 13.1. The fourth-order valence-corrected chi connectivity index (χ4v) is 2.30. The molecule has 1 heterocycles.